The molecule has 9 heteroatoms. The van der Waals surface area contributed by atoms with Gasteiger partial charge in [0.15, 0.2) is 0 Å². The van der Waals surface area contributed by atoms with E-state index in [1.165, 1.54) is 4.31 Å². The molecule has 112 valence electrons. The molecule has 3 N–H and O–H groups in total. The van der Waals surface area contributed by atoms with Crippen molar-refractivity contribution in [3.05, 3.63) is 11.4 Å². The smallest absolute Gasteiger partial charge is 0.304 e. The molecule has 2 heterocycles. The average Bonchev–Trinajstić information content (AvgIpc) is 2.43. The van der Waals surface area contributed by atoms with E-state index in [0.717, 1.165) is 12.8 Å². The van der Waals surface area contributed by atoms with Gasteiger partial charge in [-0.1, -0.05) is 0 Å². The fraction of sp³-hybridized carbons (Fsp3) is 0.727. The third-order valence-corrected chi connectivity index (χ3v) is 5.04. The first kappa shape index (κ1) is 15.1. The van der Waals surface area contributed by atoms with Crippen LogP contribution >= 0.6 is 0 Å². The first-order valence-corrected chi connectivity index (χ1v) is 8.02. The highest BCUT2D eigenvalue weighted by Crippen LogP contribution is 2.19. The van der Waals surface area contributed by atoms with Crippen molar-refractivity contribution in [2.75, 3.05) is 24.4 Å². The number of aryl methyl sites for hydroxylation is 2. The lowest BCUT2D eigenvalue weighted by atomic mass is 9.99. The maximum Gasteiger partial charge on any atom is 0.304 e. The second-order valence-electron chi connectivity index (χ2n) is 4.99. The number of nitrogens with zero attached hydrogens (tertiary/aromatic N) is 4. The number of aromatic nitrogens is 3. The second kappa shape index (κ2) is 5.98. The quantitative estimate of drug-likeness (QED) is 0.797. The molecule has 1 aliphatic heterocycles. The van der Waals surface area contributed by atoms with E-state index in [4.69, 9.17) is 5.73 Å². The molecule has 0 aliphatic carbocycles. The van der Waals surface area contributed by atoms with E-state index in [0.29, 0.717) is 36.9 Å². The van der Waals surface area contributed by atoms with E-state index in [1.807, 2.05) is 0 Å². The summed E-state index contributed by atoms with van der Waals surface area (Å²) in [6, 6.07) is 0. The Morgan fingerprint density at radius 2 is 1.90 bits per heavy atom. The van der Waals surface area contributed by atoms with Crippen molar-refractivity contribution in [1.29, 1.82) is 0 Å². The number of rotatable bonds is 4. The Bertz CT molecular complexity index is 568. The highest BCUT2D eigenvalue weighted by atomic mass is 32.2. The first-order chi connectivity index (χ1) is 9.42. The van der Waals surface area contributed by atoms with Crippen LogP contribution in [0.1, 0.15) is 24.2 Å². The van der Waals surface area contributed by atoms with Gasteiger partial charge in [0.1, 0.15) is 0 Å². The van der Waals surface area contributed by atoms with Gasteiger partial charge in [-0.05, 0) is 39.2 Å². The van der Waals surface area contributed by atoms with E-state index in [-0.39, 0.29) is 5.95 Å². The zero-order chi connectivity index (χ0) is 14.8. The van der Waals surface area contributed by atoms with Crippen LogP contribution in [0, 0.1) is 19.8 Å². The number of piperidine rings is 1. The minimum Gasteiger partial charge on any atom is -0.330 e. The van der Waals surface area contributed by atoms with Crippen LogP contribution in [-0.4, -0.2) is 47.5 Å². The normalized spacial score (nSPS) is 18.1. The molecule has 0 spiro atoms. The molecule has 1 fully saturated rings. The minimum atomic E-state index is -3.62. The van der Waals surface area contributed by atoms with Crippen molar-refractivity contribution < 1.29 is 8.42 Å². The number of anilines is 1. The molecule has 0 atom stereocenters. The van der Waals surface area contributed by atoms with Gasteiger partial charge in [-0.25, -0.2) is 9.71 Å². The average molecular weight is 300 g/mol. The van der Waals surface area contributed by atoms with Gasteiger partial charge in [0.25, 0.3) is 5.95 Å². The summed E-state index contributed by atoms with van der Waals surface area (Å²) in [5, 5.41) is 7.61. The summed E-state index contributed by atoms with van der Waals surface area (Å²) in [7, 11) is -3.62. The number of hydrogen-bond acceptors (Lipinski definition) is 6. The lowest BCUT2D eigenvalue weighted by Gasteiger charge is -2.30. The molecular formula is C11H20N6O2S. The molecule has 0 bridgehead atoms. The Balaban J connectivity index is 2.05. The predicted molar refractivity (Wildman–Crippen MR) is 75.2 cm³/mol. The van der Waals surface area contributed by atoms with Crippen molar-refractivity contribution in [2.24, 2.45) is 11.7 Å². The summed E-state index contributed by atoms with van der Waals surface area (Å²) in [6.07, 6.45) is 1.56. The van der Waals surface area contributed by atoms with Crippen LogP contribution < -0.4 is 10.5 Å². The summed E-state index contributed by atoms with van der Waals surface area (Å²) in [6.45, 7) is 5.07. The van der Waals surface area contributed by atoms with Crippen LogP contribution in [0.2, 0.25) is 0 Å². The van der Waals surface area contributed by atoms with Gasteiger partial charge < -0.3 is 5.73 Å². The van der Waals surface area contributed by atoms with Gasteiger partial charge in [0, 0.05) is 13.1 Å². The standard InChI is InChI=1S/C11H20N6O2S/c1-8-9(2)14-15-11(13-8)16-20(18,19)17-5-3-10(7-12)4-6-17/h10H,3-7,12H2,1-2H3,(H,13,15,16). The molecule has 0 radical (unpaired) electrons. The van der Waals surface area contributed by atoms with Crippen molar-refractivity contribution in [1.82, 2.24) is 19.5 Å². The first-order valence-electron chi connectivity index (χ1n) is 6.58. The van der Waals surface area contributed by atoms with Gasteiger partial charge >= 0.3 is 10.2 Å². The molecule has 0 unspecified atom stereocenters. The predicted octanol–water partition coefficient (Wildman–Crippen LogP) is -0.184. The zero-order valence-electron chi connectivity index (χ0n) is 11.7. The fourth-order valence-electron chi connectivity index (χ4n) is 2.07. The van der Waals surface area contributed by atoms with E-state index in [1.54, 1.807) is 13.8 Å². The summed E-state index contributed by atoms with van der Waals surface area (Å²) in [5.41, 5.74) is 6.93. The Labute approximate surface area is 119 Å². The molecule has 0 amide bonds. The minimum absolute atomic E-state index is 0.00838. The highest BCUT2D eigenvalue weighted by molar-refractivity contribution is 7.90. The Hall–Kier alpha value is -1.32. The van der Waals surface area contributed by atoms with Crippen LogP contribution in [0.4, 0.5) is 5.95 Å². The number of hydrogen-bond donors (Lipinski definition) is 2. The molecular weight excluding hydrogens is 280 g/mol. The maximum atomic E-state index is 12.2. The third kappa shape index (κ3) is 3.41. The van der Waals surface area contributed by atoms with Gasteiger partial charge in [-0.2, -0.15) is 17.8 Å². The largest absolute Gasteiger partial charge is 0.330 e. The molecule has 20 heavy (non-hydrogen) atoms. The second-order valence-corrected chi connectivity index (χ2v) is 6.66. The molecule has 8 nitrogen and oxygen atoms in total. The van der Waals surface area contributed by atoms with Crippen LogP contribution in [0.5, 0.6) is 0 Å². The molecule has 1 aromatic rings. The van der Waals surface area contributed by atoms with Crippen molar-refractivity contribution in [3.8, 4) is 0 Å². The molecule has 1 saturated heterocycles. The summed E-state index contributed by atoms with van der Waals surface area (Å²) in [5.74, 6) is 0.412. The Morgan fingerprint density at radius 3 is 2.45 bits per heavy atom. The van der Waals surface area contributed by atoms with Crippen molar-refractivity contribution in [2.45, 2.75) is 26.7 Å². The van der Waals surface area contributed by atoms with Crippen LogP contribution in [0.25, 0.3) is 0 Å². The summed E-state index contributed by atoms with van der Waals surface area (Å²) >= 11 is 0. The van der Waals surface area contributed by atoms with Gasteiger partial charge in [0.05, 0.1) is 11.4 Å². The lowest BCUT2D eigenvalue weighted by molar-refractivity contribution is 0.279. The van der Waals surface area contributed by atoms with Gasteiger partial charge in [-0.3, -0.25) is 0 Å². The Kier molecular flexibility index (Phi) is 4.51. The SMILES string of the molecule is Cc1nnc(NS(=O)(=O)N2CCC(CN)CC2)nc1C. The summed E-state index contributed by atoms with van der Waals surface area (Å²) < 4.78 is 28.2. The topological polar surface area (TPSA) is 114 Å². The zero-order valence-corrected chi connectivity index (χ0v) is 12.5. The van der Waals surface area contributed by atoms with Gasteiger partial charge in [0.2, 0.25) is 0 Å². The van der Waals surface area contributed by atoms with E-state index >= 15 is 0 Å². The van der Waals surface area contributed by atoms with Crippen molar-refractivity contribution >= 4 is 16.2 Å². The summed E-state index contributed by atoms with van der Waals surface area (Å²) in [4.78, 5) is 4.07. The van der Waals surface area contributed by atoms with Crippen LogP contribution in [0.15, 0.2) is 0 Å². The molecule has 0 saturated carbocycles. The lowest BCUT2D eigenvalue weighted by Crippen LogP contribution is -2.43. The number of nitrogens with two attached hydrogens (primary N) is 1. The molecule has 2 rings (SSSR count). The van der Waals surface area contributed by atoms with E-state index in [2.05, 4.69) is 19.9 Å². The van der Waals surface area contributed by atoms with Crippen molar-refractivity contribution in [3.63, 3.8) is 0 Å². The third-order valence-electron chi connectivity index (χ3n) is 3.56. The molecule has 1 aliphatic rings. The highest BCUT2D eigenvalue weighted by Gasteiger charge is 2.28. The fourth-order valence-corrected chi connectivity index (χ4v) is 3.20. The van der Waals surface area contributed by atoms with E-state index in [9.17, 15) is 8.42 Å². The van der Waals surface area contributed by atoms with Gasteiger partial charge in [-0.15, -0.1) is 5.10 Å². The van der Waals surface area contributed by atoms with E-state index < -0.39 is 10.2 Å². The molecule has 1 aromatic heterocycles. The maximum absolute atomic E-state index is 12.2. The van der Waals surface area contributed by atoms with Crippen LogP contribution in [0.3, 0.4) is 0 Å². The Morgan fingerprint density at radius 1 is 1.25 bits per heavy atom. The van der Waals surface area contributed by atoms with Crippen LogP contribution in [-0.2, 0) is 10.2 Å². The monoisotopic (exact) mass is 300 g/mol. The number of nitrogens with one attached hydrogen (secondary N) is 1. The molecule has 0 aromatic carbocycles.